The van der Waals surface area contributed by atoms with Crippen LogP contribution in [0.5, 0.6) is 0 Å². The van der Waals surface area contributed by atoms with E-state index in [1.54, 1.807) is 24.3 Å². The molecule has 202 valence electrons. The van der Waals surface area contributed by atoms with Crippen molar-refractivity contribution in [3.8, 4) is 0 Å². The van der Waals surface area contributed by atoms with Crippen LogP contribution >= 0.6 is 0 Å². The molecule has 3 heterocycles. The maximum atomic E-state index is 13.7. The van der Waals surface area contributed by atoms with Crippen molar-refractivity contribution >= 4 is 32.7 Å². The van der Waals surface area contributed by atoms with E-state index in [0.29, 0.717) is 23.7 Å². The Labute approximate surface area is 224 Å². The standard InChI is InChI=1S/C29H36N4O4S/c1-5-21-17-24(27(30-18-21)33-15-11-22(12-16-33)37-19(2)3)29(13-14-29)28(34)32-38(35,36)26-8-6-7-25-23(26)10-9-20(4)31-25/h6-10,17-19,22H,5,11-16H2,1-4H3,(H,32,34). The van der Waals surface area contributed by atoms with Crippen molar-refractivity contribution in [1.29, 1.82) is 0 Å². The number of fused-ring (bicyclic) bond motifs is 1. The summed E-state index contributed by atoms with van der Waals surface area (Å²) in [5, 5.41) is 0.491. The Morgan fingerprint density at radius 3 is 2.58 bits per heavy atom. The van der Waals surface area contributed by atoms with Crippen molar-refractivity contribution in [3.63, 3.8) is 0 Å². The summed E-state index contributed by atoms with van der Waals surface area (Å²) in [6.07, 6.45) is 5.99. The van der Waals surface area contributed by atoms with Crippen molar-refractivity contribution in [1.82, 2.24) is 14.7 Å². The number of amides is 1. The molecule has 2 aliphatic rings. The maximum Gasteiger partial charge on any atom is 0.264 e. The highest BCUT2D eigenvalue weighted by Crippen LogP contribution is 2.52. The van der Waals surface area contributed by atoms with Gasteiger partial charge in [0.2, 0.25) is 5.91 Å². The average Bonchev–Trinajstić information content (AvgIpc) is 3.70. The normalized spacial score (nSPS) is 17.7. The SMILES string of the molecule is CCc1cnc(N2CCC(OC(C)C)CC2)c(C2(C(=O)NS(=O)(=O)c3cccc4nc(C)ccc34)CC2)c1. The van der Waals surface area contributed by atoms with E-state index >= 15 is 0 Å². The Kier molecular flexibility index (Phi) is 7.17. The van der Waals surface area contributed by atoms with Gasteiger partial charge in [-0.05, 0) is 88.8 Å². The minimum atomic E-state index is -4.11. The molecule has 2 fully saturated rings. The third-order valence-corrected chi connectivity index (χ3v) is 8.97. The van der Waals surface area contributed by atoms with Crippen LogP contribution < -0.4 is 9.62 Å². The molecule has 9 heteroatoms. The molecule has 1 amide bonds. The highest BCUT2D eigenvalue weighted by atomic mass is 32.2. The number of hydrogen-bond acceptors (Lipinski definition) is 7. The van der Waals surface area contributed by atoms with E-state index in [1.807, 2.05) is 19.2 Å². The van der Waals surface area contributed by atoms with E-state index < -0.39 is 21.3 Å². The number of aromatic nitrogens is 2. The van der Waals surface area contributed by atoms with Gasteiger partial charge in [-0.15, -0.1) is 0 Å². The lowest BCUT2D eigenvalue weighted by molar-refractivity contribution is -0.121. The average molecular weight is 537 g/mol. The zero-order valence-corrected chi connectivity index (χ0v) is 23.3. The fourth-order valence-corrected chi connectivity index (χ4v) is 6.64. The first-order chi connectivity index (χ1) is 18.1. The molecule has 3 aromatic rings. The smallest absolute Gasteiger partial charge is 0.264 e. The highest BCUT2D eigenvalue weighted by molar-refractivity contribution is 7.90. The first-order valence-electron chi connectivity index (χ1n) is 13.5. The number of pyridine rings is 2. The van der Waals surface area contributed by atoms with Crippen LogP contribution in [0.1, 0.15) is 63.3 Å². The summed E-state index contributed by atoms with van der Waals surface area (Å²) in [4.78, 5) is 25.3. The number of aryl methyl sites for hydroxylation is 2. The van der Waals surface area contributed by atoms with Gasteiger partial charge in [-0.1, -0.05) is 13.0 Å². The number of carbonyl (C=O) groups excluding carboxylic acids is 1. The monoisotopic (exact) mass is 536 g/mol. The van der Waals surface area contributed by atoms with Gasteiger partial charge in [0.15, 0.2) is 0 Å². The van der Waals surface area contributed by atoms with Gasteiger partial charge in [0.1, 0.15) is 5.82 Å². The molecule has 1 saturated heterocycles. The largest absolute Gasteiger partial charge is 0.375 e. The number of anilines is 1. The maximum absolute atomic E-state index is 13.7. The number of rotatable bonds is 8. The lowest BCUT2D eigenvalue weighted by atomic mass is 9.93. The van der Waals surface area contributed by atoms with E-state index in [9.17, 15) is 13.2 Å². The predicted octanol–water partition coefficient (Wildman–Crippen LogP) is 4.43. The van der Waals surface area contributed by atoms with Crippen molar-refractivity contribution in [2.45, 2.75) is 82.3 Å². The Morgan fingerprint density at radius 1 is 1.18 bits per heavy atom. The lowest BCUT2D eigenvalue weighted by Crippen LogP contribution is -2.42. The first-order valence-corrected chi connectivity index (χ1v) is 14.9. The summed E-state index contributed by atoms with van der Waals surface area (Å²) in [5.41, 5.74) is 2.31. The summed E-state index contributed by atoms with van der Waals surface area (Å²) in [7, 11) is -4.11. The summed E-state index contributed by atoms with van der Waals surface area (Å²) < 4.78 is 35.4. The topological polar surface area (TPSA) is 101 Å². The van der Waals surface area contributed by atoms with Crippen LogP contribution in [0, 0.1) is 6.92 Å². The van der Waals surface area contributed by atoms with E-state index in [-0.39, 0.29) is 17.1 Å². The van der Waals surface area contributed by atoms with Crippen molar-refractivity contribution in [2.75, 3.05) is 18.0 Å². The molecule has 38 heavy (non-hydrogen) atoms. The second-order valence-electron chi connectivity index (χ2n) is 10.7. The Bertz CT molecular complexity index is 1460. The van der Waals surface area contributed by atoms with E-state index in [4.69, 9.17) is 9.72 Å². The minimum absolute atomic E-state index is 0.0551. The number of benzene rings is 1. The molecule has 0 spiro atoms. The van der Waals surface area contributed by atoms with Gasteiger partial charge in [-0.2, -0.15) is 0 Å². The fourth-order valence-electron chi connectivity index (χ4n) is 5.37. The summed E-state index contributed by atoms with van der Waals surface area (Å²) >= 11 is 0. The number of sulfonamides is 1. The number of piperidine rings is 1. The van der Waals surface area contributed by atoms with Gasteiger partial charge in [0.05, 0.1) is 28.0 Å². The third kappa shape index (κ3) is 5.14. The second kappa shape index (κ2) is 10.3. The first kappa shape index (κ1) is 26.6. The highest BCUT2D eigenvalue weighted by Gasteiger charge is 2.54. The minimum Gasteiger partial charge on any atom is -0.375 e. The molecule has 0 radical (unpaired) electrons. The molecule has 0 atom stereocenters. The molecule has 1 aliphatic carbocycles. The summed E-state index contributed by atoms with van der Waals surface area (Å²) in [6.45, 7) is 9.57. The molecule has 8 nitrogen and oxygen atoms in total. The molecule has 1 aromatic carbocycles. The van der Waals surface area contributed by atoms with Crippen LogP contribution in [0.25, 0.3) is 10.9 Å². The third-order valence-electron chi connectivity index (χ3n) is 7.59. The Hall–Kier alpha value is -3.04. The molecule has 1 saturated carbocycles. The fraction of sp³-hybridized carbons (Fsp3) is 0.483. The quantitative estimate of drug-likeness (QED) is 0.454. The van der Waals surface area contributed by atoms with Crippen LogP contribution in [0.15, 0.2) is 47.5 Å². The van der Waals surface area contributed by atoms with Gasteiger partial charge in [-0.3, -0.25) is 9.78 Å². The van der Waals surface area contributed by atoms with Gasteiger partial charge >= 0.3 is 0 Å². The molecule has 1 N–H and O–H groups in total. The van der Waals surface area contributed by atoms with Crippen LogP contribution in [0.4, 0.5) is 5.82 Å². The Balaban J connectivity index is 1.44. The predicted molar refractivity (Wildman–Crippen MR) is 148 cm³/mol. The van der Waals surface area contributed by atoms with Crippen LogP contribution in [0.3, 0.4) is 0 Å². The van der Waals surface area contributed by atoms with E-state index in [0.717, 1.165) is 55.0 Å². The van der Waals surface area contributed by atoms with E-state index in [1.165, 1.54) is 6.07 Å². The second-order valence-corrected chi connectivity index (χ2v) is 12.4. The Morgan fingerprint density at radius 2 is 1.92 bits per heavy atom. The van der Waals surface area contributed by atoms with Crippen LogP contribution in [0.2, 0.25) is 0 Å². The van der Waals surface area contributed by atoms with Gasteiger partial charge in [-0.25, -0.2) is 18.1 Å². The molecule has 1 aliphatic heterocycles. The van der Waals surface area contributed by atoms with E-state index in [2.05, 4.69) is 35.4 Å². The number of nitrogens with zero attached hydrogens (tertiary/aromatic N) is 3. The molecular weight excluding hydrogens is 500 g/mol. The number of ether oxygens (including phenoxy) is 1. The molecule has 5 rings (SSSR count). The van der Waals surface area contributed by atoms with Crippen LogP contribution in [-0.4, -0.2) is 49.6 Å². The molecule has 0 bridgehead atoms. The van der Waals surface area contributed by atoms with Gasteiger partial charge in [0.25, 0.3) is 10.0 Å². The van der Waals surface area contributed by atoms with Gasteiger partial charge < -0.3 is 9.64 Å². The lowest BCUT2D eigenvalue weighted by Gasteiger charge is -2.35. The molecular formula is C29H36N4O4S. The number of hydrogen-bond donors (Lipinski definition) is 1. The van der Waals surface area contributed by atoms with Crippen LogP contribution in [-0.2, 0) is 31.4 Å². The summed E-state index contributed by atoms with van der Waals surface area (Å²) in [5.74, 6) is 0.281. The zero-order chi connectivity index (χ0) is 27.1. The van der Waals surface area contributed by atoms with Crippen molar-refractivity contribution in [3.05, 3.63) is 59.4 Å². The van der Waals surface area contributed by atoms with Crippen molar-refractivity contribution in [2.24, 2.45) is 0 Å². The molecule has 2 aromatic heterocycles. The number of carbonyl (C=O) groups is 1. The van der Waals surface area contributed by atoms with Crippen molar-refractivity contribution < 1.29 is 17.9 Å². The molecule has 0 unspecified atom stereocenters. The van der Waals surface area contributed by atoms with Gasteiger partial charge in [0, 0.05) is 35.9 Å². The number of nitrogens with one attached hydrogen (secondary N) is 1. The summed E-state index contributed by atoms with van der Waals surface area (Å²) in [6, 6.07) is 10.5. The zero-order valence-electron chi connectivity index (χ0n) is 22.5.